The molecule has 7 atom stereocenters. The van der Waals surface area contributed by atoms with Crippen LogP contribution in [0.1, 0.15) is 56.6 Å². The van der Waals surface area contributed by atoms with Gasteiger partial charge in [-0.25, -0.2) is 9.59 Å². The third-order valence-corrected chi connectivity index (χ3v) is 10.5. The van der Waals surface area contributed by atoms with Gasteiger partial charge < -0.3 is 25.1 Å². The lowest BCUT2D eigenvalue weighted by atomic mass is 9.84. The fraction of sp³-hybridized carbons (Fsp3) is 0.405. The minimum Gasteiger partial charge on any atom is -0.478 e. The van der Waals surface area contributed by atoms with Crippen LogP contribution >= 0.6 is 0 Å². The largest absolute Gasteiger partial charge is 0.478 e. The monoisotopic (exact) mass is 639 g/mol. The zero-order valence-corrected chi connectivity index (χ0v) is 26.6. The lowest BCUT2D eigenvalue weighted by molar-refractivity contribution is -0.384. The predicted octanol–water partition coefficient (Wildman–Crippen LogP) is 5.74. The molecular weight excluding hydrogens is 598 g/mol. The zero-order valence-electron chi connectivity index (χ0n) is 26.6. The molecule has 6 rings (SSSR count). The maximum absolute atomic E-state index is 15.1. The van der Waals surface area contributed by atoms with Gasteiger partial charge in [-0.3, -0.25) is 10.1 Å². The molecular formula is C37H41N3O7. The number of nitro groups is 1. The van der Waals surface area contributed by atoms with E-state index in [4.69, 9.17) is 0 Å². The van der Waals surface area contributed by atoms with Crippen LogP contribution in [0.4, 0.5) is 10.5 Å². The van der Waals surface area contributed by atoms with Crippen LogP contribution in [0, 0.1) is 22.0 Å². The zero-order chi connectivity index (χ0) is 33.5. The number of amides is 2. The Labute approximate surface area is 274 Å². The van der Waals surface area contributed by atoms with Crippen LogP contribution in [-0.4, -0.2) is 72.4 Å². The summed E-state index contributed by atoms with van der Waals surface area (Å²) in [5.41, 5.74) is 2.12. The Morgan fingerprint density at radius 1 is 1.04 bits per heavy atom. The van der Waals surface area contributed by atoms with Gasteiger partial charge in [0.15, 0.2) is 0 Å². The van der Waals surface area contributed by atoms with Gasteiger partial charge in [-0.05, 0) is 60.3 Å². The lowest BCUT2D eigenvalue weighted by Gasteiger charge is -2.37. The van der Waals surface area contributed by atoms with Gasteiger partial charge in [0.05, 0.1) is 16.5 Å². The third-order valence-electron chi connectivity index (χ3n) is 10.5. The summed E-state index contributed by atoms with van der Waals surface area (Å²) in [6, 6.07) is 14.5. The molecule has 3 aliphatic carbocycles. The van der Waals surface area contributed by atoms with E-state index in [2.05, 4.69) is 13.0 Å². The van der Waals surface area contributed by atoms with Crippen molar-refractivity contribution in [1.29, 1.82) is 0 Å². The molecule has 1 aliphatic heterocycles. The molecule has 1 heterocycles. The van der Waals surface area contributed by atoms with E-state index in [0.717, 1.165) is 17.6 Å². The van der Waals surface area contributed by atoms with Crippen molar-refractivity contribution in [2.24, 2.45) is 11.8 Å². The van der Waals surface area contributed by atoms with Crippen LogP contribution < -0.4 is 0 Å². The van der Waals surface area contributed by atoms with Crippen LogP contribution in [0.15, 0.2) is 102 Å². The maximum atomic E-state index is 15.1. The number of rotatable bonds is 9. The van der Waals surface area contributed by atoms with Crippen molar-refractivity contribution in [3.8, 4) is 0 Å². The average molecular weight is 640 g/mol. The normalized spacial score (nSPS) is 30.4. The summed E-state index contributed by atoms with van der Waals surface area (Å²) in [5, 5.41) is 45.9. The Morgan fingerprint density at radius 3 is 2.51 bits per heavy atom. The SMILES string of the molecule is CC1CC=CC=C1CC1[C@H](O)[C@@H](O)C2(CC2c2ccccc2)N(Cc2cccc([N+](=O)[O-])c2)C(=O)N1CC1=CCC(C)C(C(=O)O)=C1. The minimum absolute atomic E-state index is 0.0228. The lowest BCUT2D eigenvalue weighted by Crippen LogP contribution is -2.52. The third kappa shape index (κ3) is 6.15. The molecule has 1 spiro atoms. The highest BCUT2D eigenvalue weighted by atomic mass is 16.6. The van der Waals surface area contributed by atoms with Crippen LogP contribution in [0.5, 0.6) is 0 Å². The molecule has 1 saturated carbocycles. The molecule has 0 aromatic heterocycles. The van der Waals surface area contributed by atoms with Crippen LogP contribution in [0.2, 0.25) is 0 Å². The maximum Gasteiger partial charge on any atom is 0.331 e. The van der Waals surface area contributed by atoms with Gasteiger partial charge in [0.25, 0.3) is 5.69 Å². The van der Waals surface area contributed by atoms with Crippen molar-refractivity contribution in [2.75, 3.05) is 6.54 Å². The molecule has 47 heavy (non-hydrogen) atoms. The highest BCUT2D eigenvalue weighted by molar-refractivity contribution is 5.88. The van der Waals surface area contributed by atoms with Crippen LogP contribution in [-0.2, 0) is 11.3 Å². The Bertz CT molecular complexity index is 1680. The molecule has 5 unspecified atom stereocenters. The van der Waals surface area contributed by atoms with Crippen molar-refractivity contribution in [3.05, 3.63) is 123 Å². The molecule has 3 N–H and O–H groups in total. The number of aliphatic carboxylic acids is 1. The van der Waals surface area contributed by atoms with Gasteiger partial charge in [0.1, 0.15) is 12.2 Å². The Morgan fingerprint density at radius 2 is 1.81 bits per heavy atom. The molecule has 2 aromatic carbocycles. The van der Waals surface area contributed by atoms with Gasteiger partial charge in [0.2, 0.25) is 0 Å². The number of aliphatic hydroxyl groups is 2. The molecule has 0 radical (unpaired) electrons. The minimum atomic E-state index is -1.33. The van der Waals surface area contributed by atoms with Crippen molar-refractivity contribution in [1.82, 2.24) is 9.80 Å². The number of carboxylic acid groups (broad SMARTS) is 1. The van der Waals surface area contributed by atoms with Crippen LogP contribution in [0.25, 0.3) is 0 Å². The van der Waals surface area contributed by atoms with E-state index in [1.165, 1.54) is 12.1 Å². The first-order chi connectivity index (χ1) is 22.5. The number of hydrogen-bond acceptors (Lipinski definition) is 6. The van der Waals surface area contributed by atoms with Gasteiger partial charge in [-0.15, -0.1) is 0 Å². The Balaban J connectivity index is 1.47. The van der Waals surface area contributed by atoms with E-state index in [1.807, 2.05) is 55.5 Å². The van der Waals surface area contributed by atoms with E-state index in [9.17, 15) is 30.2 Å². The number of nitrogens with zero attached hydrogens (tertiary/aromatic N) is 3. The van der Waals surface area contributed by atoms with Gasteiger partial charge in [-0.2, -0.15) is 0 Å². The van der Waals surface area contributed by atoms with Gasteiger partial charge >= 0.3 is 12.0 Å². The average Bonchev–Trinajstić information content (AvgIpc) is 3.83. The summed E-state index contributed by atoms with van der Waals surface area (Å²) in [4.78, 5) is 41.5. The second-order valence-corrected chi connectivity index (χ2v) is 13.4. The summed E-state index contributed by atoms with van der Waals surface area (Å²) < 4.78 is 0. The van der Waals surface area contributed by atoms with Gasteiger partial charge in [-0.1, -0.05) is 86.2 Å². The summed E-state index contributed by atoms with van der Waals surface area (Å²) in [5.74, 6) is -1.31. The number of carboxylic acids is 1. The summed E-state index contributed by atoms with van der Waals surface area (Å²) in [6.45, 7) is 3.95. The molecule has 2 aromatic rings. The first-order valence-electron chi connectivity index (χ1n) is 16.2. The number of carbonyl (C=O) groups is 2. The molecule has 10 heteroatoms. The van der Waals surface area contributed by atoms with E-state index in [1.54, 1.807) is 28.0 Å². The van der Waals surface area contributed by atoms with Crippen molar-refractivity contribution in [2.45, 2.75) is 75.8 Å². The Hall–Kier alpha value is -4.54. The molecule has 10 nitrogen and oxygen atoms in total. The molecule has 2 fully saturated rings. The molecule has 0 bridgehead atoms. The highest BCUT2D eigenvalue weighted by Gasteiger charge is 2.68. The first kappa shape index (κ1) is 32.4. The number of benzene rings is 2. The smallest absolute Gasteiger partial charge is 0.331 e. The number of non-ortho nitro benzene ring substituents is 1. The summed E-state index contributed by atoms with van der Waals surface area (Å²) in [7, 11) is 0. The van der Waals surface area contributed by atoms with Crippen molar-refractivity contribution in [3.63, 3.8) is 0 Å². The second kappa shape index (κ2) is 12.9. The number of hydrogen-bond donors (Lipinski definition) is 3. The number of carbonyl (C=O) groups excluding carboxylic acids is 1. The molecule has 4 aliphatic rings. The van der Waals surface area contributed by atoms with Crippen molar-refractivity contribution < 1.29 is 29.8 Å². The number of nitro benzene ring substituents is 1. The molecule has 1 saturated heterocycles. The second-order valence-electron chi connectivity index (χ2n) is 13.4. The Kier molecular flexibility index (Phi) is 8.91. The number of allylic oxidation sites excluding steroid dienone is 4. The first-order valence-corrected chi connectivity index (χ1v) is 16.2. The van der Waals surface area contributed by atoms with E-state index in [-0.39, 0.29) is 42.1 Å². The summed E-state index contributed by atoms with van der Waals surface area (Å²) >= 11 is 0. The van der Waals surface area contributed by atoms with E-state index in [0.29, 0.717) is 30.4 Å². The highest BCUT2D eigenvalue weighted by Crippen LogP contribution is 2.60. The van der Waals surface area contributed by atoms with Crippen LogP contribution in [0.3, 0.4) is 0 Å². The fourth-order valence-corrected chi connectivity index (χ4v) is 7.63. The van der Waals surface area contributed by atoms with E-state index >= 15 is 4.79 Å². The predicted molar refractivity (Wildman–Crippen MR) is 176 cm³/mol. The topological polar surface area (TPSA) is 144 Å². The number of aliphatic hydroxyl groups excluding tert-OH is 2. The van der Waals surface area contributed by atoms with Crippen molar-refractivity contribution >= 4 is 17.7 Å². The molecule has 2 amide bonds. The molecule has 246 valence electrons. The number of urea groups is 1. The fourth-order valence-electron chi connectivity index (χ4n) is 7.63. The van der Waals surface area contributed by atoms with Gasteiger partial charge in [0, 0.05) is 36.7 Å². The summed E-state index contributed by atoms with van der Waals surface area (Å²) in [6.07, 6.45) is 8.99. The quantitative estimate of drug-likeness (QED) is 0.235. The standard InChI is InChI=1S/C37H41N3O7/c1-23-9-6-7-13-28(23)19-32-33(41)34(42)37(20-31(37)27-11-4-3-5-12-27)39(22-25-10-8-14-29(17-25)40(46)47)36(45)38(32)21-26-16-15-24(2)30(18-26)35(43)44/h3-8,10-14,16-18,23-24,31-34,41-42H,9,15,19-22H2,1-2H3,(H,43,44)/t23?,24?,31?,32?,33-,34+,37?/m0/s1. The van der Waals surface area contributed by atoms with E-state index < -0.39 is 40.7 Å².